The van der Waals surface area contributed by atoms with Crippen molar-refractivity contribution >= 4 is 24.2 Å². The van der Waals surface area contributed by atoms with Gasteiger partial charge >= 0.3 is 0 Å². The number of amides is 2. The number of rotatable bonds is 8. The summed E-state index contributed by atoms with van der Waals surface area (Å²) in [5.74, 6) is 0.190. The predicted molar refractivity (Wildman–Crippen MR) is 109 cm³/mol. The Kier molecular flexibility index (Phi) is 9.89. The van der Waals surface area contributed by atoms with Gasteiger partial charge < -0.3 is 16.4 Å². The van der Waals surface area contributed by atoms with Crippen LogP contribution in [-0.4, -0.2) is 24.4 Å². The summed E-state index contributed by atoms with van der Waals surface area (Å²) in [5, 5.41) is 5.95. The van der Waals surface area contributed by atoms with Crippen LogP contribution >= 0.6 is 12.4 Å². The van der Waals surface area contributed by atoms with Crippen LogP contribution in [0.5, 0.6) is 0 Å². The number of nitrogens with two attached hydrogens (primary N) is 1. The Bertz CT molecular complexity index is 566. The first-order valence-corrected chi connectivity index (χ1v) is 8.99. The Balaban J connectivity index is 0.00000625. The summed E-state index contributed by atoms with van der Waals surface area (Å²) in [5.41, 5.74) is 6.14. The van der Waals surface area contributed by atoms with Crippen LogP contribution in [0, 0.1) is 17.3 Å². The van der Waals surface area contributed by atoms with Crippen LogP contribution in [0.3, 0.4) is 0 Å². The molecule has 6 heteroatoms. The Labute approximate surface area is 163 Å². The van der Waals surface area contributed by atoms with E-state index in [4.69, 9.17) is 5.73 Å². The number of carbonyl (C=O) groups is 2. The van der Waals surface area contributed by atoms with Crippen molar-refractivity contribution in [2.45, 2.75) is 53.6 Å². The summed E-state index contributed by atoms with van der Waals surface area (Å²) in [6.07, 6.45) is 0. The first-order valence-electron chi connectivity index (χ1n) is 8.99. The number of halogens is 1. The van der Waals surface area contributed by atoms with Gasteiger partial charge in [-0.05, 0) is 24.3 Å². The maximum Gasteiger partial charge on any atom is 0.237 e. The van der Waals surface area contributed by atoms with Crippen molar-refractivity contribution in [3.05, 3.63) is 35.9 Å². The fourth-order valence-electron chi connectivity index (χ4n) is 2.82. The molecule has 2 amide bonds. The van der Waals surface area contributed by atoms with Gasteiger partial charge in [0.1, 0.15) is 0 Å². The molecule has 0 saturated carbocycles. The van der Waals surface area contributed by atoms with Crippen LogP contribution in [0.1, 0.15) is 53.1 Å². The van der Waals surface area contributed by atoms with Crippen molar-refractivity contribution in [3.63, 3.8) is 0 Å². The molecule has 1 aromatic carbocycles. The summed E-state index contributed by atoms with van der Waals surface area (Å²) >= 11 is 0. The molecule has 4 N–H and O–H groups in total. The lowest BCUT2D eigenvalue weighted by Gasteiger charge is -2.36. The zero-order chi connectivity index (χ0) is 19.2. The molecule has 148 valence electrons. The molecule has 0 aromatic heterocycles. The molecule has 0 saturated heterocycles. The molecule has 0 aliphatic carbocycles. The van der Waals surface area contributed by atoms with Crippen molar-refractivity contribution < 1.29 is 9.59 Å². The van der Waals surface area contributed by atoms with Gasteiger partial charge in [0.15, 0.2) is 0 Å². The van der Waals surface area contributed by atoms with Gasteiger partial charge in [0.05, 0.1) is 17.5 Å². The smallest absolute Gasteiger partial charge is 0.237 e. The van der Waals surface area contributed by atoms with Gasteiger partial charge in [-0.1, -0.05) is 65.0 Å². The van der Waals surface area contributed by atoms with Crippen molar-refractivity contribution in [2.24, 2.45) is 23.0 Å². The Morgan fingerprint density at radius 1 is 1.04 bits per heavy atom. The molecule has 0 heterocycles. The Hall–Kier alpha value is -1.59. The van der Waals surface area contributed by atoms with Gasteiger partial charge in [0, 0.05) is 6.54 Å². The van der Waals surface area contributed by atoms with E-state index in [2.05, 4.69) is 38.3 Å². The lowest BCUT2D eigenvalue weighted by molar-refractivity contribution is -0.136. The second-order valence-corrected chi connectivity index (χ2v) is 7.56. The maximum atomic E-state index is 12.9. The number of hydrogen-bond donors (Lipinski definition) is 3. The van der Waals surface area contributed by atoms with E-state index in [1.807, 2.05) is 37.3 Å². The lowest BCUT2D eigenvalue weighted by atomic mass is 9.70. The largest absolute Gasteiger partial charge is 0.353 e. The minimum absolute atomic E-state index is 0. The fraction of sp³-hybridized carbons (Fsp3) is 0.600. The zero-order valence-electron chi connectivity index (χ0n) is 16.7. The zero-order valence-corrected chi connectivity index (χ0v) is 17.5. The molecule has 5 nitrogen and oxygen atoms in total. The Morgan fingerprint density at radius 3 is 1.96 bits per heavy atom. The van der Waals surface area contributed by atoms with Gasteiger partial charge in [0.25, 0.3) is 0 Å². The summed E-state index contributed by atoms with van der Waals surface area (Å²) in [4.78, 5) is 24.9. The summed E-state index contributed by atoms with van der Waals surface area (Å²) < 4.78 is 0. The van der Waals surface area contributed by atoms with Crippen LogP contribution in [0.4, 0.5) is 0 Å². The molecule has 1 aromatic rings. The van der Waals surface area contributed by atoms with Crippen LogP contribution in [0.15, 0.2) is 30.3 Å². The molecule has 0 bridgehead atoms. The van der Waals surface area contributed by atoms with Gasteiger partial charge in [-0.3, -0.25) is 9.59 Å². The predicted octanol–water partition coefficient (Wildman–Crippen LogP) is 3.05. The lowest BCUT2D eigenvalue weighted by Crippen LogP contribution is -2.49. The fourth-order valence-corrected chi connectivity index (χ4v) is 2.82. The molecule has 1 rings (SSSR count). The first kappa shape index (κ1) is 24.4. The Morgan fingerprint density at radius 2 is 1.54 bits per heavy atom. The topological polar surface area (TPSA) is 84.2 Å². The first-order chi connectivity index (χ1) is 11.6. The summed E-state index contributed by atoms with van der Waals surface area (Å²) in [7, 11) is 0. The molecule has 0 unspecified atom stereocenters. The summed E-state index contributed by atoms with van der Waals surface area (Å²) in [6, 6.07) is 8.69. The number of nitrogens with one attached hydrogen (secondary N) is 2. The molecule has 0 fully saturated rings. The third kappa shape index (κ3) is 5.99. The van der Waals surface area contributed by atoms with Gasteiger partial charge in [-0.2, -0.15) is 0 Å². The van der Waals surface area contributed by atoms with Crippen molar-refractivity contribution in [3.8, 4) is 0 Å². The van der Waals surface area contributed by atoms with E-state index in [0.29, 0.717) is 6.54 Å². The number of benzene rings is 1. The third-order valence-corrected chi connectivity index (χ3v) is 5.29. The van der Waals surface area contributed by atoms with Crippen LogP contribution < -0.4 is 16.4 Å². The summed E-state index contributed by atoms with van der Waals surface area (Å²) in [6.45, 7) is 12.2. The normalized spacial score (nSPS) is 13.7. The van der Waals surface area contributed by atoms with E-state index in [0.717, 1.165) is 5.56 Å². The average Bonchev–Trinajstić information content (AvgIpc) is 2.57. The highest BCUT2D eigenvalue weighted by Gasteiger charge is 2.39. The SMILES string of the molecule is CC(C)C(C)(C(=O)NC[C@@H](NC(=O)[C@@H](C)N)c1ccccc1)C(C)C.Cl. The van der Waals surface area contributed by atoms with E-state index in [-0.39, 0.29) is 42.1 Å². The molecule has 0 spiro atoms. The highest BCUT2D eigenvalue weighted by Crippen LogP contribution is 2.35. The minimum atomic E-state index is -0.599. The average molecular weight is 384 g/mol. The van der Waals surface area contributed by atoms with E-state index >= 15 is 0 Å². The molecular formula is C20H34ClN3O2. The number of carbonyl (C=O) groups excluding carboxylic acids is 2. The molecule has 0 aliphatic rings. The van der Waals surface area contributed by atoms with E-state index in [1.165, 1.54) is 0 Å². The second-order valence-electron chi connectivity index (χ2n) is 7.56. The molecule has 26 heavy (non-hydrogen) atoms. The van der Waals surface area contributed by atoms with E-state index in [1.54, 1.807) is 6.92 Å². The maximum absolute atomic E-state index is 12.9. The van der Waals surface area contributed by atoms with Gasteiger partial charge in [0.2, 0.25) is 11.8 Å². The number of hydrogen-bond acceptors (Lipinski definition) is 3. The highest BCUT2D eigenvalue weighted by molar-refractivity contribution is 5.85. The molecule has 2 atom stereocenters. The minimum Gasteiger partial charge on any atom is -0.353 e. The van der Waals surface area contributed by atoms with Crippen LogP contribution in [0.25, 0.3) is 0 Å². The van der Waals surface area contributed by atoms with Gasteiger partial charge in [-0.25, -0.2) is 0 Å². The quantitative estimate of drug-likeness (QED) is 0.645. The molecular weight excluding hydrogens is 350 g/mol. The monoisotopic (exact) mass is 383 g/mol. The highest BCUT2D eigenvalue weighted by atomic mass is 35.5. The second kappa shape index (κ2) is 10.5. The molecule has 0 radical (unpaired) electrons. The third-order valence-electron chi connectivity index (χ3n) is 5.29. The van der Waals surface area contributed by atoms with Gasteiger partial charge in [-0.15, -0.1) is 12.4 Å². The van der Waals surface area contributed by atoms with Crippen molar-refractivity contribution in [1.82, 2.24) is 10.6 Å². The van der Waals surface area contributed by atoms with E-state index < -0.39 is 11.5 Å². The standard InChI is InChI=1S/C20H33N3O2.ClH/c1-13(2)20(6,14(3)4)19(25)22-12-17(23-18(24)15(5)21)16-10-8-7-9-11-16;/h7-11,13-15,17H,12,21H2,1-6H3,(H,22,25)(H,23,24);1H/t15-,17-;/m1./s1. The van der Waals surface area contributed by atoms with Crippen molar-refractivity contribution in [1.29, 1.82) is 0 Å². The van der Waals surface area contributed by atoms with E-state index in [9.17, 15) is 9.59 Å². The molecule has 0 aliphatic heterocycles. The van der Waals surface area contributed by atoms with Crippen LogP contribution in [-0.2, 0) is 9.59 Å². The van der Waals surface area contributed by atoms with Crippen LogP contribution in [0.2, 0.25) is 0 Å². The van der Waals surface area contributed by atoms with Crippen molar-refractivity contribution in [2.75, 3.05) is 6.54 Å².